The molecule has 3 nitrogen and oxygen atoms in total. The predicted molar refractivity (Wildman–Crippen MR) is 60.9 cm³/mol. The van der Waals surface area contributed by atoms with E-state index in [1.807, 2.05) is 0 Å². The summed E-state index contributed by atoms with van der Waals surface area (Å²) >= 11 is 5.74. The zero-order valence-electron chi connectivity index (χ0n) is 8.68. The number of nitrogens with two attached hydrogens (primary N) is 2. The summed E-state index contributed by atoms with van der Waals surface area (Å²) in [6.45, 7) is -1.00. The van der Waals surface area contributed by atoms with Crippen molar-refractivity contribution in [3.63, 3.8) is 0 Å². The smallest absolute Gasteiger partial charge is 0.434 e. The minimum absolute atomic E-state index is 0. The summed E-state index contributed by atoms with van der Waals surface area (Å²) in [6.07, 6.45) is 0.990. The Kier molecular flexibility index (Phi) is 11.7. The molecule has 17 heavy (non-hydrogen) atoms. The van der Waals surface area contributed by atoms with Gasteiger partial charge in [0.15, 0.2) is 0 Å². The van der Waals surface area contributed by atoms with Crippen molar-refractivity contribution in [3.05, 3.63) is 47.5 Å². The molecule has 1 aromatic carbocycles. The second-order valence-electron chi connectivity index (χ2n) is 2.52. The quantitative estimate of drug-likeness (QED) is 0.446. The van der Waals surface area contributed by atoms with Gasteiger partial charge in [0, 0.05) is 11.9 Å². The van der Waals surface area contributed by atoms with Crippen LogP contribution in [0, 0.1) is 49.5 Å². The Morgan fingerprint density at radius 1 is 1.47 bits per heavy atom. The first kappa shape index (κ1) is 18.8. The summed E-state index contributed by atoms with van der Waals surface area (Å²) in [4.78, 5) is 0. The van der Waals surface area contributed by atoms with Gasteiger partial charge in [-0.15, -0.1) is 41.4 Å². The molecule has 0 saturated carbocycles. The van der Waals surface area contributed by atoms with Gasteiger partial charge in [-0.2, -0.15) is 0 Å². The Morgan fingerprint density at radius 2 is 2.00 bits per heavy atom. The number of halogens is 3. The maximum absolute atomic E-state index is 9.50. The van der Waals surface area contributed by atoms with Gasteiger partial charge in [0.2, 0.25) is 0 Å². The van der Waals surface area contributed by atoms with Crippen molar-refractivity contribution in [2.24, 2.45) is 11.5 Å². The number of allylic oxidation sites excluding steroid dienone is 1. The predicted octanol–water partition coefficient (Wildman–Crippen LogP) is 2.42. The molecular formula is C10H10ClF2N3U. The molecule has 0 heterocycles. The van der Waals surface area contributed by atoms with E-state index in [1.165, 1.54) is 0 Å². The van der Waals surface area contributed by atoms with Crippen LogP contribution in [0.2, 0.25) is 5.02 Å². The second-order valence-corrected chi connectivity index (χ2v) is 2.95. The topological polar surface area (TPSA) is 75.9 Å². The average Bonchev–Trinajstić information content (AvgIpc) is 2.28. The fourth-order valence-corrected chi connectivity index (χ4v) is 1.000. The summed E-state index contributed by atoms with van der Waals surface area (Å²) in [5, 5.41) is 7.47. The average molecular weight is 484 g/mol. The molecule has 0 fully saturated rings. The Balaban J connectivity index is 0. The van der Waals surface area contributed by atoms with E-state index < -0.39 is 6.93 Å². The second kappa shape index (κ2) is 10.6. The van der Waals surface area contributed by atoms with Crippen LogP contribution in [0.1, 0.15) is 5.56 Å². The van der Waals surface area contributed by atoms with Crippen LogP contribution in [0.5, 0.6) is 0 Å². The first-order valence-corrected chi connectivity index (χ1v) is 4.40. The monoisotopic (exact) mass is 483 g/mol. The van der Waals surface area contributed by atoms with Crippen molar-refractivity contribution < 1.29 is 39.9 Å². The summed E-state index contributed by atoms with van der Waals surface area (Å²) in [7, 11) is 0. The van der Waals surface area contributed by atoms with Gasteiger partial charge in [0.25, 0.3) is 0 Å². The third-order valence-electron chi connectivity index (χ3n) is 1.52. The first-order chi connectivity index (χ1) is 7.56. The van der Waals surface area contributed by atoms with Gasteiger partial charge in [-0.25, -0.2) is 0 Å². The molecule has 0 atom stereocenters. The first-order valence-electron chi connectivity index (χ1n) is 4.02. The Bertz CT molecular complexity index is 386. The number of benzene rings is 1. The van der Waals surface area contributed by atoms with Crippen LogP contribution in [0.4, 0.5) is 8.78 Å². The molecule has 1 aromatic rings. The third-order valence-corrected chi connectivity index (χ3v) is 1.76. The molecule has 5 N–H and O–H groups in total. The number of hydrogen-bond acceptors (Lipinski definition) is 3. The van der Waals surface area contributed by atoms with E-state index >= 15 is 0 Å². The van der Waals surface area contributed by atoms with Crippen molar-refractivity contribution in [1.29, 1.82) is 5.41 Å². The molecule has 0 aromatic heterocycles. The van der Waals surface area contributed by atoms with Crippen LogP contribution in [-0.4, -0.2) is 6.21 Å². The van der Waals surface area contributed by atoms with E-state index in [9.17, 15) is 8.78 Å². The van der Waals surface area contributed by atoms with Crippen molar-refractivity contribution in [2.75, 3.05) is 0 Å². The maximum Gasteiger partial charge on any atom is 2.00 e. The summed E-state index contributed by atoms with van der Waals surface area (Å²) in [5.41, 5.74) is 12.2. The van der Waals surface area contributed by atoms with Gasteiger partial charge in [0.05, 0.1) is 0 Å². The molecule has 90 valence electrons. The molecule has 0 unspecified atom stereocenters. The molecule has 0 radical (unpaired) electrons. The van der Waals surface area contributed by atoms with Crippen LogP contribution in [0.3, 0.4) is 0 Å². The van der Waals surface area contributed by atoms with E-state index in [-0.39, 0.29) is 36.8 Å². The van der Waals surface area contributed by atoms with Crippen LogP contribution < -0.4 is 11.5 Å². The summed E-state index contributed by atoms with van der Waals surface area (Å²) in [5.74, 6) is 0. The fourth-order valence-electron chi connectivity index (χ4n) is 0.827. The number of nitrogens with one attached hydrogen (secondary N) is 1. The molecule has 0 amide bonds. The van der Waals surface area contributed by atoms with Gasteiger partial charge >= 0.3 is 31.1 Å². The van der Waals surface area contributed by atoms with Crippen LogP contribution >= 0.6 is 11.6 Å². The van der Waals surface area contributed by atoms with Crippen molar-refractivity contribution in [2.45, 2.75) is 0 Å². The Morgan fingerprint density at radius 3 is 2.41 bits per heavy atom. The van der Waals surface area contributed by atoms with Crippen LogP contribution in [-0.2, 0) is 0 Å². The largest absolute Gasteiger partial charge is 2.00 e. The molecule has 7 heteroatoms. The standard InChI is InChI=1S/C9H9ClN3.CHF2.U/c10-7-3-1-2-6(4-7)9(13)8(12)5-11;2-1-3;/h1,3-5,11H,12-13H2;1H;/q2*-1;+2/b9-8+,11-5?;;. The van der Waals surface area contributed by atoms with E-state index in [1.54, 1.807) is 18.2 Å². The van der Waals surface area contributed by atoms with Gasteiger partial charge in [-0.05, 0) is 17.6 Å². The van der Waals surface area contributed by atoms with Crippen LogP contribution in [0.25, 0.3) is 5.70 Å². The number of hydrogen-bond donors (Lipinski definition) is 3. The van der Waals surface area contributed by atoms with Gasteiger partial charge in [-0.1, -0.05) is 0 Å². The zero-order valence-corrected chi connectivity index (χ0v) is 13.6. The zero-order chi connectivity index (χ0) is 12.6. The van der Waals surface area contributed by atoms with Crippen molar-refractivity contribution >= 4 is 23.5 Å². The molecule has 0 bridgehead atoms. The van der Waals surface area contributed by atoms with Crippen molar-refractivity contribution in [1.82, 2.24) is 0 Å². The minimum Gasteiger partial charge on any atom is -0.434 e. The van der Waals surface area contributed by atoms with Crippen molar-refractivity contribution in [3.8, 4) is 0 Å². The molecular weight excluding hydrogens is 474 g/mol. The molecule has 0 aliphatic carbocycles. The third kappa shape index (κ3) is 7.37. The minimum atomic E-state index is -1.00. The van der Waals surface area contributed by atoms with Gasteiger partial charge < -0.3 is 25.7 Å². The SMILES string of the molecule is F[CH-]F.N=C/C(N)=C(\N)c1[c-]ccc(Cl)c1.[U+2]. The summed E-state index contributed by atoms with van der Waals surface area (Å²) < 4.78 is 19.0. The molecule has 0 saturated heterocycles. The van der Waals surface area contributed by atoms with Gasteiger partial charge in [-0.3, -0.25) is 0 Å². The summed E-state index contributed by atoms with van der Waals surface area (Å²) in [6, 6.07) is 7.87. The number of rotatable bonds is 2. The fraction of sp³-hybridized carbons (Fsp3) is 0. The van der Waals surface area contributed by atoms with E-state index in [2.05, 4.69) is 6.07 Å². The van der Waals surface area contributed by atoms with E-state index in [4.69, 9.17) is 28.5 Å². The molecule has 0 aliphatic rings. The van der Waals surface area contributed by atoms with E-state index in [0.29, 0.717) is 16.3 Å². The molecule has 1 rings (SSSR count). The normalized spacial score (nSPS) is 10.3. The van der Waals surface area contributed by atoms with Gasteiger partial charge in [0.1, 0.15) is 0 Å². The molecule has 0 spiro atoms. The maximum atomic E-state index is 9.50. The Hall–Kier alpha value is -0.568. The van der Waals surface area contributed by atoms with Crippen LogP contribution in [0.15, 0.2) is 23.9 Å². The Labute approximate surface area is 127 Å². The molecule has 0 aliphatic heterocycles. The van der Waals surface area contributed by atoms with E-state index in [0.717, 1.165) is 6.21 Å².